The van der Waals surface area contributed by atoms with Gasteiger partial charge in [-0.1, -0.05) is 12.1 Å². The highest BCUT2D eigenvalue weighted by Crippen LogP contribution is 2.23. The monoisotopic (exact) mass is 427 g/mol. The Labute approximate surface area is 174 Å². The van der Waals surface area contributed by atoms with Gasteiger partial charge in [-0.2, -0.15) is 8.78 Å². The predicted molar refractivity (Wildman–Crippen MR) is 105 cm³/mol. The maximum atomic E-state index is 12.9. The van der Waals surface area contributed by atoms with Crippen LogP contribution in [0.2, 0.25) is 0 Å². The van der Waals surface area contributed by atoms with E-state index in [1.165, 1.54) is 12.1 Å². The molecule has 1 aliphatic heterocycles. The van der Waals surface area contributed by atoms with Gasteiger partial charge in [0, 0.05) is 6.04 Å². The molecule has 10 heteroatoms. The molecule has 4 amide bonds. The molecule has 1 aromatic carbocycles. The number of alkyl halides is 2. The second-order valence-corrected chi connectivity index (χ2v) is 8.03. The van der Waals surface area contributed by atoms with Crippen LogP contribution >= 0.6 is 0 Å². The maximum absolute atomic E-state index is 12.9. The normalized spacial score (nSPS) is 19.9. The van der Waals surface area contributed by atoms with E-state index >= 15 is 0 Å². The lowest BCUT2D eigenvalue weighted by molar-refractivity contribution is -0.879. The van der Waals surface area contributed by atoms with Crippen LogP contribution in [0.4, 0.5) is 13.6 Å². The van der Waals surface area contributed by atoms with Gasteiger partial charge < -0.3 is 20.3 Å². The van der Waals surface area contributed by atoms with E-state index in [0.29, 0.717) is 17.7 Å². The van der Waals surface area contributed by atoms with Gasteiger partial charge in [-0.05, 0) is 51.3 Å². The molecule has 0 saturated carbocycles. The summed E-state index contributed by atoms with van der Waals surface area (Å²) in [5, 5.41) is 5.50. The van der Waals surface area contributed by atoms with Gasteiger partial charge in [0.2, 0.25) is 0 Å². The molecular formula is C20H29F2N4O4+. The summed E-state index contributed by atoms with van der Waals surface area (Å²) in [5.41, 5.74) is -0.248. The smallest absolute Gasteiger partial charge is 0.387 e. The first-order chi connectivity index (χ1) is 14.0. The third-order valence-corrected chi connectivity index (χ3v) is 4.75. The van der Waals surface area contributed by atoms with E-state index in [4.69, 9.17) is 0 Å². The number of amides is 4. The van der Waals surface area contributed by atoms with E-state index in [1.807, 2.05) is 13.8 Å². The summed E-state index contributed by atoms with van der Waals surface area (Å²) >= 11 is 0. The van der Waals surface area contributed by atoms with Crippen LogP contribution in [0, 0.1) is 0 Å². The van der Waals surface area contributed by atoms with Gasteiger partial charge in [0.05, 0.1) is 7.05 Å². The topological polar surface area (TPSA) is 92.2 Å². The van der Waals surface area contributed by atoms with Crippen molar-refractivity contribution in [3.8, 4) is 5.75 Å². The number of rotatable bonds is 10. The number of imide groups is 1. The molecule has 30 heavy (non-hydrogen) atoms. The van der Waals surface area contributed by atoms with Crippen LogP contribution < -0.4 is 20.3 Å². The van der Waals surface area contributed by atoms with Crippen LogP contribution in [-0.4, -0.2) is 61.2 Å². The highest BCUT2D eigenvalue weighted by molar-refractivity contribution is 6.06. The third-order valence-electron chi connectivity index (χ3n) is 4.75. The van der Waals surface area contributed by atoms with Gasteiger partial charge in [0.15, 0.2) is 13.2 Å². The van der Waals surface area contributed by atoms with Crippen molar-refractivity contribution in [2.24, 2.45) is 0 Å². The van der Waals surface area contributed by atoms with Crippen molar-refractivity contribution in [3.63, 3.8) is 0 Å². The first kappa shape index (κ1) is 23.5. The lowest BCUT2D eigenvalue weighted by atomic mass is 9.93. The van der Waals surface area contributed by atoms with Gasteiger partial charge in [-0.3, -0.25) is 9.59 Å². The number of carbonyl (C=O) groups excluding carboxylic acids is 3. The van der Waals surface area contributed by atoms with Crippen molar-refractivity contribution in [1.82, 2.24) is 15.5 Å². The third kappa shape index (κ3) is 6.38. The maximum Gasteiger partial charge on any atom is 0.387 e. The van der Waals surface area contributed by atoms with Crippen molar-refractivity contribution < 1.29 is 32.8 Å². The van der Waals surface area contributed by atoms with Crippen LogP contribution in [0.1, 0.15) is 32.8 Å². The summed E-state index contributed by atoms with van der Waals surface area (Å²) in [5.74, 6) is -0.450. The molecule has 0 aromatic heterocycles. The minimum absolute atomic E-state index is 0.0151. The molecular weight excluding hydrogens is 398 g/mol. The Balaban J connectivity index is 1.92. The number of ether oxygens (including phenoxy) is 1. The molecule has 1 aliphatic rings. The summed E-state index contributed by atoms with van der Waals surface area (Å²) in [7, 11) is 1.74. The zero-order chi connectivity index (χ0) is 22.5. The van der Waals surface area contributed by atoms with Gasteiger partial charge >= 0.3 is 12.6 Å². The van der Waals surface area contributed by atoms with Crippen molar-refractivity contribution in [3.05, 3.63) is 29.8 Å². The van der Waals surface area contributed by atoms with Crippen LogP contribution in [-0.2, 0) is 16.0 Å². The number of carbonyl (C=O) groups is 3. The number of quaternary nitrogens is 1. The van der Waals surface area contributed by atoms with E-state index in [2.05, 4.69) is 15.4 Å². The average Bonchev–Trinajstić information content (AvgIpc) is 2.83. The first-order valence-corrected chi connectivity index (χ1v) is 9.78. The second-order valence-electron chi connectivity index (χ2n) is 8.03. The van der Waals surface area contributed by atoms with Crippen molar-refractivity contribution in [1.29, 1.82) is 0 Å². The highest BCUT2D eigenvalue weighted by atomic mass is 19.3. The summed E-state index contributed by atoms with van der Waals surface area (Å²) in [6, 6.07) is 5.68. The Hall–Kier alpha value is -2.75. The molecule has 2 rings (SSSR count). The molecule has 0 bridgehead atoms. The van der Waals surface area contributed by atoms with Crippen LogP contribution in [0.5, 0.6) is 5.75 Å². The molecule has 2 atom stereocenters. The van der Waals surface area contributed by atoms with Gasteiger partial charge in [-0.25, -0.2) is 9.69 Å². The number of nitrogens with zero attached hydrogens (tertiary/aromatic N) is 1. The molecule has 3 N–H and O–H groups in total. The zero-order valence-electron chi connectivity index (χ0n) is 17.6. The first-order valence-electron chi connectivity index (χ1n) is 9.78. The quantitative estimate of drug-likeness (QED) is 0.475. The molecule has 0 radical (unpaired) electrons. The standard InChI is InChI=1S/C20H28F2N4O4/c1-13(2)23-16(27)11-25(4)12-26-17(28)20(3,24-19(26)29)10-9-14-5-7-15(8-6-14)30-18(21)22/h5-8,13,18H,9-12H2,1-4H3,(H,23,27)(H,24,29)/p+1/t20-/m1/s1. The minimum Gasteiger partial charge on any atom is -0.435 e. The summed E-state index contributed by atoms with van der Waals surface area (Å²) in [6.07, 6.45) is 0.806. The van der Waals surface area contributed by atoms with Crippen LogP contribution in [0.25, 0.3) is 0 Å². The largest absolute Gasteiger partial charge is 0.435 e. The minimum atomic E-state index is -2.89. The second kappa shape index (κ2) is 9.84. The number of aryl methyl sites for hydroxylation is 1. The Bertz CT molecular complexity index is 773. The number of hydrogen-bond acceptors (Lipinski definition) is 4. The molecule has 8 nitrogen and oxygen atoms in total. The molecule has 0 aliphatic carbocycles. The van der Waals surface area contributed by atoms with Gasteiger partial charge in [0.1, 0.15) is 11.3 Å². The number of urea groups is 1. The predicted octanol–water partition coefficient (Wildman–Crippen LogP) is 0.528. The molecule has 1 fully saturated rings. The fourth-order valence-corrected chi connectivity index (χ4v) is 3.26. The summed E-state index contributed by atoms with van der Waals surface area (Å²) < 4.78 is 28.8. The van der Waals surface area contributed by atoms with E-state index in [-0.39, 0.29) is 36.8 Å². The molecule has 166 valence electrons. The molecule has 1 saturated heterocycles. The highest BCUT2D eigenvalue weighted by Gasteiger charge is 2.48. The Kier molecular flexibility index (Phi) is 7.71. The van der Waals surface area contributed by atoms with E-state index in [0.717, 1.165) is 10.5 Å². The number of likely N-dealkylation sites (N-methyl/N-ethyl adjacent to an activating group) is 1. The molecule has 0 spiro atoms. The van der Waals surface area contributed by atoms with E-state index < -0.39 is 18.2 Å². The number of benzene rings is 1. The van der Waals surface area contributed by atoms with Gasteiger partial charge in [-0.15, -0.1) is 0 Å². The number of nitrogens with one attached hydrogen (secondary N) is 3. The van der Waals surface area contributed by atoms with E-state index in [1.54, 1.807) is 26.1 Å². The van der Waals surface area contributed by atoms with E-state index in [9.17, 15) is 23.2 Å². The fraction of sp³-hybridized carbons (Fsp3) is 0.550. The summed E-state index contributed by atoms with van der Waals surface area (Å²) in [6.45, 7) is 2.70. The Morgan fingerprint density at radius 3 is 2.47 bits per heavy atom. The number of hydrogen-bond donors (Lipinski definition) is 3. The van der Waals surface area contributed by atoms with Crippen LogP contribution in [0.3, 0.4) is 0 Å². The van der Waals surface area contributed by atoms with Crippen molar-refractivity contribution in [2.75, 3.05) is 20.3 Å². The molecule has 1 heterocycles. The Morgan fingerprint density at radius 1 is 1.27 bits per heavy atom. The number of halogens is 2. The lowest BCUT2D eigenvalue weighted by Crippen LogP contribution is -3.12. The average molecular weight is 427 g/mol. The van der Waals surface area contributed by atoms with Crippen molar-refractivity contribution in [2.45, 2.75) is 51.8 Å². The van der Waals surface area contributed by atoms with Crippen molar-refractivity contribution >= 4 is 17.8 Å². The van der Waals surface area contributed by atoms with Gasteiger partial charge in [0.25, 0.3) is 11.8 Å². The summed E-state index contributed by atoms with van der Waals surface area (Å²) in [4.78, 5) is 38.9. The molecule has 1 aromatic rings. The lowest BCUT2D eigenvalue weighted by Gasteiger charge is -2.23. The van der Waals surface area contributed by atoms with Crippen LogP contribution in [0.15, 0.2) is 24.3 Å². The molecule has 1 unspecified atom stereocenters. The Morgan fingerprint density at radius 2 is 1.90 bits per heavy atom. The fourth-order valence-electron chi connectivity index (χ4n) is 3.26. The SMILES string of the molecule is CC(C)NC(=O)C[NH+](C)CN1C(=O)N[C@](C)(CCc2ccc(OC(F)F)cc2)C1=O. The zero-order valence-corrected chi connectivity index (χ0v) is 17.6.